The van der Waals surface area contributed by atoms with Crippen LogP contribution in [0.25, 0.3) is 11.3 Å². The fraction of sp³-hybridized carbons (Fsp3) is 0.389. The number of thiazole rings is 1. The smallest absolute Gasteiger partial charge is 0.229 e. The molecule has 0 aliphatic carbocycles. The largest absolute Gasteiger partial charge is 0.302 e. The second-order valence-electron chi connectivity index (χ2n) is 6.42. The van der Waals surface area contributed by atoms with Crippen molar-refractivity contribution in [2.45, 2.75) is 39.2 Å². The number of anilines is 1. The van der Waals surface area contributed by atoms with Gasteiger partial charge in [-0.1, -0.05) is 31.2 Å². The van der Waals surface area contributed by atoms with Gasteiger partial charge in [-0.2, -0.15) is 0 Å². The molecule has 26 heavy (non-hydrogen) atoms. The van der Waals surface area contributed by atoms with Crippen molar-refractivity contribution in [3.63, 3.8) is 0 Å². The normalized spacial score (nSPS) is 16.7. The minimum atomic E-state index is -0.0605. The first-order valence-electron chi connectivity index (χ1n) is 8.83. The van der Waals surface area contributed by atoms with Gasteiger partial charge in [-0.15, -0.1) is 16.4 Å². The van der Waals surface area contributed by atoms with E-state index in [0.29, 0.717) is 11.7 Å². The molecule has 1 aliphatic rings. The molecule has 0 saturated heterocycles. The molecule has 1 aliphatic heterocycles. The van der Waals surface area contributed by atoms with E-state index in [2.05, 4.69) is 57.0 Å². The zero-order valence-electron chi connectivity index (χ0n) is 14.6. The maximum atomic E-state index is 12.6. The first-order chi connectivity index (χ1) is 12.7. The first kappa shape index (κ1) is 16.8. The molecule has 0 bridgehead atoms. The van der Waals surface area contributed by atoms with E-state index in [-0.39, 0.29) is 11.8 Å². The van der Waals surface area contributed by atoms with E-state index >= 15 is 0 Å². The van der Waals surface area contributed by atoms with Gasteiger partial charge in [-0.25, -0.2) is 9.67 Å². The minimum absolute atomic E-state index is 0.0194. The molecular weight excluding hydrogens is 348 g/mol. The van der Waals surface area contributed by atoms with Crippen LogP contribution in [0.1, 0.15) is 31.2 Å². The van der Waals surface area contributed by atoms with E-state index in [1.807, 2.05) is 5.38 Å². The van der Waals surface area contributed by atoms with Crippen molar-refractivity contribution in [3.8, 4) is 11.3 Å². The predicted molar refractivity (Wildman–Crippen MR) is 99.8 cm³/mol. The summed E-state index contributed by atoms with van der Waals surface area (Å²) in [7, 11) is 0. The number of aromatic nitrogens is 5. The molecule has 0 fully saturated rings. The Morgan fingerprint density at radius 2 is 2.15 bits per heavy atom. The van der Waals surface area contributed by atoms with Crippen molar-refractivity contribution in [3.05, 3.63) is 41.0 Å². The summed E-state index contributed by atoms with van der Waals surface area (Å²) in [6.45, 7) is 2.81. The monoisotopic (exact) mass is 368 g/mol. The molecule has 1 unspecified atom stereocenters. The van der Waals surface area contributed by atoms with Gasteiger partial charge in [0.05, 0.1) is 5.69 Å². The first-order valence-corrected chi connectivity index (χ1v) is 9.71. The number of nitrogens with one attached hydrogen (secondary N) is 1. The second kappa shape index (κ2) is 7.33. The lowest BCUT2D eigenvalue weighted by molar-refractivity contribution is -0.120. The van der Waals surface area contributed by atoms with Gasteiger partial charge < -0.3 is 5.32 Å². The van der Waals surface area contributed by atoms with Crippen LogP contribution in [0.4, 0.5) is 5.13 Å². The molecule has 7 nitrogen and oxygen atoms in total. The van der Waals surface area contributed by atoms with Crippen LogP contribution < -0.4 is 5.32 Å². The molecule has 4 rings (SSSR count). The maximum Gasteiger partial charge on any atom is 0.229 e. The van der Waals surface area contributed by atoms with E-state index in [1.165, 1.54) is 16.9 Å². The van der Waals surface area contributed by atoms with Crippen molar-refractivity contribution in [1.82, 2.24) is 25.2 Å². The lowest BCUT2D eigenvalue weighted by Gasteiger charge is -2.12. The Hall–Kier alpha value is -2.61. The number of nitrogens with zero attached hydrogens (tertiary/aromatic N) is 5. The van der Waals surface area contributed by atoms with Crippen molar-refractivity contribution in [2.24, 2.45) is 5.92 Å². The molecule has 0 saturated carbocycles. The number of tetrazole rings is 1. The zero-order chi connectivity index (χ0) is 17.9. The van der Waals surface area contributed by atoms with E-state index in [0.717, 1.165) is 42.8 Å². The van der Waals surface area contributed by atoms with Gasteiger partial charge in [0.2, 0.25) is 5.91 Å². The van der Waals surface area contributed by atoms with Crippen molar-refractivity contribution >= 4 is 22.4 Å². The van der Waals surface area contributed by atoms with Crippen LogP contribution in [0.3, 0.4) is 0 Å². The number of carbonyl (C=O) groups is 1. The van der Waals surface area contributed by atoms with E-state index in [9.17, 15) is 4.79 Å². The van der Waals surface area contributed by atoms with Gasteiger partial charge in [0.1, 0.15) is 0 Å². The molecule has 1 N–H and O–H groups in total. The van der Waals surface area contributed by atoms with E-state index in [4.69, 9.17) is 0 Å². The number of rotatable bonds is 4. The summed E-state index contributed by atoms with van der Waals surface area (Å²) in [5, 5.41) is 17.2. The van der Waals surface area contributed by atoms with Crippen molar-refractivity contribution in [1.29, 1.82) is 0 Å². The summed E-state index contributed by atoms with van der Waals surface area (Å²) < 4.78 is 1.79. The molecule has 8 heteroatoms. The van der Waals surface area contributed by atoms with E-state index < -0.39 is 0 Å². The van der Waals surface area contributed by atoms with Gasteiger partial charge in [-0.3, -0.25) is 4.79 Å². The number of amides is 1. The summed E-state index contributed by atoms with van der Waals surface area (Å²) in [6.07, 6.45) is 3.23. The zero-order valence-corrected chi connectivity index (χ0v) is 15.4. The molecule has 3 aromatic rings. The molecule has 0 spiro atoms. The third-order valence-electron chi connectivity index (χ3n) is 4.77. The lowest BCUT2D eigenvalue weighted by Crippen LogP contribution is -2.23. The Balaban J connectivity index is 1.40. The summed E-state index contributed by atoms with van der Waals surface area (Å²) in [4.78, 5) is 17.2. The standard InChI is InChI=1S/C18H20N6OS/c1-2-12-3-5-13(6-4-12)15-11-26-18(19-15)20-17(25)14-7-8-16-21-22-23-24(16)10-9-14/h3-6,11,14H,2,7-10H2,1H3,(H,19,20,25). The average Bonchev–Trinajstić information content (AvgIpc) is 3.27. The van der Waals surface area contributed by atoms with Crippen LogP contribution in [0.5, 0.6) is 0 Å². The van der Waals surface area contributed by atoms with Crippen LogP contribution in [-0.4, -0.2) is 31.1 Å². The minimum Gasteiger partial charge on any atom is -0.302 e. The van der Waals surface area contributed by atoms with Crippen LogP contribution in [0, 0.1) is 5.92 Å². The summed E-state index contributed by atoms with van der Waals surface area (Å²) >= 11 is 1.46. The quantitative estimate of drug-likeness (QED) is 0.765. The second-order valence-corrected chi connectivity index (χ2v) is 7.28. The fourth-order valence-corrected chi connectivity index (χ4v) is 3.87. The highest BCUT2D eigenvalue weighted by Gasteiger charge is 2.24. The Labute approximate surface area is 155 Å². The highest BCUT2D eigenvalue weighted by atomic mass is 32.1. The highest BCUT2D eigenvalue weighted by molar-refractivity contribution is 7.14. The molecule has 0 radical (unpaired) electrons. The molecular formula is C18H20N6OS. The maximum absolute atomic E-state index is 12.6. The van der Waals surface area contributed by atoms with Crippen molar-refractivity contribution in [2.75, 3.05) is 5.32 Å². The Morgan fingerprint density at radius 1 is 1.31 bits per heavy atom. The van der Waals surface area contributed by atoms with Crippen LogP contribution in [0.15, 0.2) is 29.6 Å². The predicted octanol–water partition coefficient (Wildman–Crippen LogP) is 2.95. The van der Waals surface area contributed by atoms with Crippen LogP contribution >= 0.6 is 11.3 Å². The number of fused-ring (bicyclic) bond motifs is 1. The Morgan fingerprint density at radius 3 is 2.96 bits per heavy atom. The van der Waals surface area contributed by atoms with Gasteiger partial charge in [0.15, 0.2) is 11.0 Å². The molecule has 2 aromatic heterocycles. The van der Waals surface area contributed by atoms with Crippen molar-refractivity contribution < 1.29 is 4.79 Å². The number of aryl methyl sites for hydroxylation is 3. The molecule has 1 amide bonds. The van der Waals surface area contributed by atoms with Gasteiger partial charge in [0.25, 0.3) is 0 Å². The third kappa shape index (κ3) is 3.50. The molecule has 1 atom stereocenters. The summed E-state index contributed by atoms with van der Waals surface area (Å²) in [6, 6.07) is 8.38. The van der Waals surface area contributed by atoms with Gasteiger partial charge in [0, 0.05) is 29.8 Å². The number of benzene rings is 1. The van der Waals surface area contributed by atoms with Crippen LogP contribution in [-0.2, 0) is 24.2 Å². The highest BCUT2D eigenvalue weighted by Crippen LogP contribution is 2.26. The summed E-state index contributed by atoms with van der Waals surface area (Å²) in [5.41, 5.74) is 3.26. The number of hydrogen-bond acceptors (Lipinski definition) is 6. The van der Waals surface area contributed by atoms with Gasteiger partial charge in [-0.05, 0) is 35.3 Å². The number of hydrogen-bond donors (Lipinski definition) is 1. The fourth-order valence-electron chi connectivity index (χ4n) is 3.15. The van der Waals surface area contributed by atoms with Crippen LogP contribution in [0.2, 0.25) is 0 Å². The lowest BCUT2D eigenvalue weighted by atomic mass is 10.00. The van der Waals surface area contributed by atoms with Gasteiger partial charge >= 0.3 is 0 Å². The Bertz CT molecular complexity index is 878. The summed E-state index contributed by atoms with van der Waals surface area (Å²) in [5.74, 6) is 0.813. The molecule has 3 heterocycles. The SMILES string of the molecule is CCc1ccc(-c2csc(NC(=O)C3CCc4nnnn4CC3)n2)cc1. The Kier molecular flexibility index (Phi) is 4.75. The average molecular weight is 368 g/mol. The topological polar surface area (TPSA) is 85.6 Å². The van der Waals surface area contributed by atoms with E-state index in [1.54, 1.807) is 4.68 Å². The third-order valence-corrected chi connectivity index (χ3v) is 5.53. The number of carbonyl (C=O) groups excluding carboxylic acids is 1. The molecule has 1 aromatic carbocycles. The molecule has 134 valence electrons.